The molecule has 8 nitrogen and oxygen atoms in total. The molecule has 1 aromatic rings. The van der Waals surface area contributed by atoms with Gasteiger partial charge in [0.05, 0.1) is 17.0 Å². The molecule has 2 heterocycles. The Morgan fingerprint density at radius 1 is 1.16 bits per heavy atom. The van der Waals surface area contributed by atoms with Gasteiger partial charge in [-0.3, -0.25) is 9.59 Å². The molecular formula is C22H33N3O5S. The smallest absolute Gasteiger partial charge is 0.243 e. The first-order valence-corrected chi connectivity index (χ1v) is 12.4. The molecule has 2 fully saturated rings. The molecule has 3 rings (SSSR count). The SMILES string of the molecule is Cc1ccc(C)c(S(=O)(=O)N2CCN(C(=O)CCC(=O)NC(C)C3CCCO3)CC2)c1. The van der Waals surface area contributed by atoms with Crippen molar-refractivity contribution in [2.45, 2.75) is 63.5 Å². The number of carbonyl (C=O) groups excluding carboxylic acids is 2. The largest absolute Gasteiger partial charge is 0.376 e. The maximum absolute atomic E-state index is 13.0. The third kappa shape index (κ3) is 5.84. The number of carbonyl (C=O) groups is 2. The molecule has 0 radical (unpaired) electrons. The Hall–Kier alpha value is -1.97. The van der Waals surface area contributed by atoms with Crippen molar-refractivity contribution in [2.24, 2.45) is 0 Å². The molecule has 9 heteroatoms. The van der Waals surface area contributed by atoms with E-state index in [1.807, 2.05) is 26.0 Å². The van der Waals surface area contributed by atoms with Crippen LogP contribution in [-0.2, 0) is 24.3 Å². The number of ether oxygens (including phenoxy) is 1. The minimum Gasteiger partial charge on any atom is -0.376 e. The summed E-state index contributed by atoms with van der Waals surface area (Å²) in [6.45, 7) is 7.48. The van der Waals surface area contributed by atoms with Crippen LogP contribution in [0, 0.1) is 13.8 Å². The number of benzene rings is 1. The Labute approximate surface area is 185 Å². The first-order valence-electron chi connectivity index (χ1n) is 10.9. The van der Waals surface area contributed by atoms with Gasteiger partial charge in [-0.15, -0.1) is 0 Å². The number of hydrogen-bond donors (Lipinski definition) is 1. The van der Waals surface area contributed by atoms with Gasteiger partial charge in [-0.25, -0.2) is 8.42 Å². The second-order valence-corrected chi connectivity index (χ2v) is 10.4. The van der Waals surface area contributed by atoms with Gasteiger partial charge in [0.25, 0.3) is 0 Å². The third-order valence-corrected chi connectivity index (χ3v) is 8.07. The molecule has 2 amide bonds. The molecule has 1 N–H and O–H groups in total. The molecule has 2 atom stereocenters. The molecule has 2 aliphatic heterocycles. The lowest BCUT2D eigenvalue weighted by Crippen LogP contribution is -2.50. The summed E-state index contributed by atoms with van der Waals surface area (Å²) < 4.78 is 33.1. The molecule has 0 saturated carbocycles. The summed E-state index contributed by atoms with van der Waals surface area (Å²) in [5.41, 5.74) is 1.61. The molecular weight excluding hydrogens is 418 g/mol. The molecule has 0 aliphatic carbocycles. The topological polar surface area (TPSA) is 96.0 Å². The van der Waals surface area contributed by atoms with Crippen LogP contribution in [0.2, 0.25) is 0 Å². The maximum atomic E-state index is 13.0. The van der Waals surface area contributed by atoms with Gasteiger partial charge in [0.15, 0.2) is 0 Å². The fourth-order valence-corrected chi connectivity index (χ4v) is 5.83. The highest BCUT2D eigenvalue weighted by Crippen LogP contribution is 2.22. The van der Waals surface area contributed by atoms with E-state index in [1.165, 1.54) is 4.31 Å². The molecule has 2 aliphatic rings. The lowest BCUT2D eigenvalue weighted by Gasteiger charge is -2.34. The quantitative estimate of drug-likeness (QED) is 0.679. The van der Waals surface area contributed by atoms with Crippen LogP contribution in [0.3, 0.4) is 0 Å². The molecule has 0 bridgehead atoms. The van der Waals surface area contributed by atoms with Crippen LogP contribution < -0.4 is 5.32 Å². The number of sulfonamides is 1. The summed E-state index contributed by atoms with van der Waals surface area (Å²) in [4.78, 5) is 26.7. The fourth-order valence-electron chi connectivity index (χ4n) is 4.10. The molecule has 2 unspecified atom stereocenters. The molecule has 0 spiro atoms. The molecule has 2 saturated heterocycles. The van der Waals surface area contributed by atoms with Crippen LogP contribution >= 0.6 is 0 Å². The van der Waals surface area contributed by atoms with Crippen molar-refractivity contribution in [1.29, 1.82) is 0 Å². The summed E-state index contributed by atoms with van der Waals surface area (Å²) >= 11 is 0. The standard InChI is InChI=1S/C22H33N3O5S/c1-16-6-7-17(2)20(15-16)31(28,29)25-12-10-24(11-13-25)22(27)9-8-21(26)23-18(3)19-5-4-14-30-19/h6-7,15,18-19H,4-5,8-14H2,1-3H3,(H,23,26). The van der Waals surface area contributed by atoms with Gasteiger partial charge < -0.3 is 15.0 Å². The first-order chi connectivity index (χ1) is 14.7. The van der Waals surface area contributed by atoms with Crippen molar-refractivity contribution >= 4 is 21.8 Å². The highest BCUT2D eigenvalue weighted by atomic mass is 32.2. The zero-order chi connectivity index (χ0) is 22.6. The minimum absolute atomic E-state index is 0.0479. The van der Waals surface area contributed by atoms with Crippen molar-refractivity contribution in [3.8, 4) is 0 Å². The monoisotopic (exact) mass is 451 g/mol. The average molecular weight is 452 g/mol. The Kier molecular flexibility index (Phi) is 7.72. The van der Waals surface area contributed by atoms with Crippen molar-refractivity contribution in [1.82, 2.24) is 14.5 Å². The van der Waals surface area contributed by atoms with E-state index in [0.29, 0.717) is 23.5 Å². The molecule has 31 heavy (non-hydrogen) atoms. The summed E-state index contributed by atoms with van der Waals surface area (Å²) in [5, 5.41) is 2.91. The molecule has 1 aromatic carbocycles. The lowest BCUT2D eigenvalue weighted by molar-refractivity contribution is -0.134. The number of rotatable bonds is 7. The average Bonchev–Trinajstić information content (AvgIpc) is 3.29. The number of piperazine rings is 1. The van der Waals surface area contributed by atoms with Crippen molar-refractivity contribution in [3.05, 3.63) is 29.3 Å². The van der Waals surface area contributed by atoms with Gasteiger partial charge in [0.1, 0.15) is 0 Å². The lowest BCUT2D eigenvalue weighted by atomic mass is 10.1. The highest BCUT2D eigenvalue weighted by Gasteiger charge is 2.31. The summed E-state index contributed by atoms with van der Waals surface area (Å²) in [7, 11) is -3.59. The Bertz CT molecular complexity index is 904. The van der Waals surface area contributed by atoms with Crippen LogP contribution in [0.4, 0.5) is 0 Å². The van der Waals surface area contributed by atoms with Gasteiger partial charge in [0.2, 0.25) is 21.8 Å². The predicted molar refractivity (Wildman–Crippen MR) is 117 cm³/mol. The van der Waals surface area contributed by atoms with E-state index >= 15 is 0 Å². The zero-order valence-electron chi connectivity index (χ0n) is 18.6. The van der Waals surface area contributed by atoms with E-state index in [9.17, 15) is 18.0 Å². The van der Waals surface area contributed by atoms with Gasteiger partial charge >= 0.3 is 0 Å². The number of nitrogens with one attached hydrogen (secondary N) is 1. The highest BCUT2D eigenvalue weighted by molar-refractivity contribution is 7.89. The number of aryl methyl sites for hydroxylation is 2. The molecule has 172 valence electrons. The van der Waals surface area contributed by atoms with Gasteiger partial charge in [-0.1, -0.05) is 12.1 Å². The summed E-state index contributed by atoms with van der Waals surface area (Å²) in [6, 6.07) is 5.33. The predicted octanol–water partition coefficient (Wildman–Crippen LogP) is 1.60. The fraction of sp³-hybridized carbons (Fsp3) is 0.636. The van der Waals surface area contributed by atoms with E-state index in [0.717, 1.165) is 25.0 Å². The van der Waals surface area contributed by atoms with Gasteiger partial charge in [-0.2, -0.15) is 4.31 Å². The number of amides is 2. The Balaban J connectivity index is 1.47. The van der Waals surface area contributed by atoms with E-state index in [2.05, 4.69) is 5.32 Å². The normalized spacial score (nSPS) is 21.1. The second kappa shape index (κ2) is 10.1. The van der Waals surface area contributed by atoms with Crippen LogP contribution in [0.1, 0.15) is 43.7 Å². The van der Waals surface area contributed by atoms with Gasteiger partial charge in [-0.05, 0) is 50.8 Å². The first kappa shape index (κ1) is 23.7. The minimum atomic E-state index is -3.59. The summed E-state index contributed by atoms with van der Waals surface area (Å²) in [5.74, 6) is -0.281. The zero-order valence-corrected chi connectivity index (χ0v) is 19.4. The molecule has 0 aromatic heterocycles. The van der Waals surface area contributed by atoms with Crippen LogP contribution in [0.5, 0.6) is 0 Å². The van der Waals surface area contributed by atoms with E-state index in [4.69, 9.17) is 4.74 Å². The third-order valence-electron chi connectivity index (χ3n) is 6.03. The maximum Gasteiger partial charge on any atom is 0.243 e. The van der Waals surface area contributed by atoms with Crippen molar-refractivity contribution in [3.63, 3.8) is 0 Å². The van der Waals surface area contributed by atoms with Crippen LogP contribution in [-0.4, -0.2) is 74.4 Å². The van der Waals surface area contributed by atoms with Crippen molar-refractivity contribution < 1.29 is 22.7 Å². The van der Waals surface area contributed by atoms with Crippen LogP contribution in [0.15, 0.2) is 23.1 Å². The van der Waals surface area contributed by atoms with Crippen LogP contribution in [0.25, 0.3) is 0 Å². The number of hydrogen-bond acceptors (Lipinski definition) is 5. The summed E-state index contributed by atoms with van der Waals surface area (Å²) in [6.07, 6.45) is 2.24. The van der Waals surface area contributed by atoms with E-state index < -0.39 is 10.0 Å². The van der Waals surface area contributed by atoms with Gasteiger partial charge in [0, 0.05) is 45.6 Å². The van der Waals surface area contributed by atoms with Crippen molar-refractivity contribution in [2.75, 3.05) is 32.8 Å². The van der Waals surface area contributed by atoms with E-state index in [1.54, 1.807) is 17.9 Å². The second-order valence-electron chi connectivity index (χ2n) is 8.46. The Morgan fingerprint density at radius 2 is 1.87 bits per heavy atom. The van der Waals surface area contributed by atoms with E-state index in [-0.39, 0.29) is 49.9 Å². The Morgan fingerprint density at radius 3 is 2.52 bits per heavy atom. The number of nitrogens with zero attached hydrogens (tertiary/aromatic N) is 2.